The van der Waals surface area contributed by atoms with Crippen LogP contribution in [0.1, 0.15) is 13.3 Å². The molecule has 0 aromatic carbocycles. The topological polar surface area (TPSA) is 69.7 Å². The summed E-state index contributed by atoms with van der Waals surface area (Å²) >= 11 is 4.63. The molecule has 0 aromatic heterocycles. The largest absolute Gasteiger partial charge is 0.559 e. The molecule has 0 aliphatic carbocycles. The van der Waals surface area contributed by atoms with Crippen molar-refractivity contribution in [3.63, 3.8) is 0 Å². The Kier molecular flexibility index (Phi) is 5.19. The van der Waals surface area contributed by atoms with Gasteiger partial charge in [-0.3, -0.25) is 4.79 Å². The fourth-order valence-corrected chi connectivity index (χ4v) is 0.799. The van der Waals surface area contributed by atoms with E-state index in [1.807, 2.05) is 0 Å². The number of hydroxylamine groups is 3. The maximum Gasteiger partial charge on any atom is 0.559 e. The lowest BCUT2D eigenvalue weighted by Crippen LogP contribution is -2.48. The van der Waals surface area contributed by atoms with Crippen molar-refractivity contribution in [1.82, 2.24) is 0 Å². The van der Waals surface area contributed by atoms with E-state index in [-0.39, 0.29) is 4.86 Å². The lowest BCUT2D eigenvalue weighted by atomic mass is 10.2. The predicted octanol–water partition coefficient (Wildman–Crippen LogP) is 0.636. The van der Waals surface area contributed by atoms with Gasteiger partial charge in [0.05, 0.1) is 12.0 Å². The van der Waals surface area contributed by atoms with E-state index in [2.05, 4.69) is 21.8 Å². The zero-order chi connectivity index (χ0) is 12.9. The number of hydrogen-bond donors (Lipinski definition) is 0. The van der Waals surface area contributed by atoms with E-state index >= 15 is 0 Å². The van der Waals surface area contributed by atoms with Crippen LogP contribution < -0.4 is 0 Å². The number of quaternary nitrogens is 1. The molecular formula is C9H14NO5S+. The number of Topliss-reactive ketones (excluding diaryl/α,β-unsaturated/α-hetero) is 1. The van der Waals surface area contributed by atoms with Crippen LogP contribution >= 0.6 is 12.2 Å². The Labute approximate surface area is 98.7 Å². The Balaban J connectivity index is 4.52. The summed E-state index contributed by atoms with van der Waals surface area (Å²) in [7, 11) is 3.77. The number of nitrogens with zero attached hydrogens (tertiary/aromatic N) is 1. The van der Waals surface area contributed by atoms with Gasteiger partial charge >= 0.3 is 12.1 Å². The molecule has 0 aromatic rings. The van der Waals surface area contributed by atoms with Crippen LogP contribution in [0, 0.1) is 0 Å². The first-order chi connectivity index (χ1) is 7.20. The van der Waals surface area contributed by atoms with Crippen LogP contribution in [-0.2, 0) is 19.2 Å². The quantitative estimate of drug-likeness (QED) is 0.240. The van der Waals surface area contributed by atoms with E-state index in [0.717, 1.165) is 7.11 Å². The van der Waals surface area contributed by atoms with E-state index in [0.29, 0.717) is 0 Å². The van der Waals surface area contributed by atoms with Gasteiger partial charge in [0, 0.05) is 0 Å². The van der Waals surface area contributed by atoms with Gasteiger partial charge in [-0.1, -0.05) is 16.9 Å². The van der Waals surface area contributed by atoms with Crippen LogP contribution in [0.15, 0.2) is 0 Å². The molecule has 0 spiro atoms. The molecule has 0 saturated heterocycles. The maximum absolute atomic E-state index is 11.6. The summed E-state index contributed by atoms with van der Waals surface area (Å²) in [6, 6.07) is 0. The highest BCUT2D eigenvalue weighted by atomic mass is 32.1. The minimum atomic E-state index is -0.995. The van der Waals surface area contributed by atoms with Gasteiger partial charge in [0.25, 0.3) is 0 Å². The number of carbonyl (C=O) groups is 3. The lowest BCUT2D eigenvalue weighted by Gasteiger charge is -2.21. The van der Waals surface area contributed by atoms with Crippen molar-refractivity contribution < 1.29 is 28.6 Å². The minimum Gasteiger partial charge on any atom is -0.434 e. The van der Waals surface area contributed by atoms with Crippen LogP contribution in [-0.4, -0.2) is 48.6 Å². The lowest BCUT2D eigenvalue weighted by molar-refractivity contribution is -0.995. The van der Waals surface area contributed by atoms with Crippen LogP contribution in [0.4, 0.5) is 4.79 Å². The molecule has 0 radical (unpaired) electrons. The standard InChI is InChI=1S/C9H14NO5S/c1-6(16)7(11)5-8(12)10(2,3)15-9(13)14-4/h5H2,1-4H3/q+1. The summed E-state index contributed by atoms with van der Waals surface area (Å²) < 4.78 is 3.53. The van der Waals surface area contributed by atoms with Crippen molar-refractivity contribution in [2.24, 2.45) is 0 Å². The number of ether oxygens (including phenoxy) is 1. The van der Waals surface area contributed by atoms with Crippen molar-refractivity contribution >= 4 is 34.9 Å². The molecule has 0 rings (SSSR count). The van der Waals surface area contributed by atoms with Crippen LogP contribution in [0.2, 0.25) is 0 Å². The highest BCUT2D eigenvalue weighted by Crippen LogP contribution is 2.06. The molecular weight excluding hydrogens is 234 g/mol. The molecule has 16 heavy (non-hydrogen) atoms. The predicted molar refractivity (Wildman–Crippen MR) is 58.5 cm³/mol. The third-order valence-corrected chi connectivity index (χ3v) is 2.00. The second kappa shape index (κ2) is 5.66. The normalized spacial score (nSPS) is 10.5. The Morgan fingerprint density at radius 3 is 2.12 bits per heavy atom. The second-order valence-corrected chi connectivity index (χ2v) is 4.06. The molecule has 90 valence electrons. The fraction of sp³-hybridized carbons (Fsp3) is 0.556. The molecule has 0 heterocycles. The molecule has 1 amide bonds. The number of methoxy groups -OCH3 is 1. The number of hydrogen-bond acceptors (Lipinski definition) is 6. The highest BCUT2D eigenvalue weighted by Gasteiger charge is 2.34. The number of rotatable bonds is 3. The number of ketones is 1. The molecule has 0 fully saturated rings. The number of amides is 1. The van der Waals surface area contributed by atoms with Crippen molar-refractivity contribution in [2.75, 3.05) is 21.2 Å². The van der Waals surface area contributed by atoms with Gasteiger partial charge < -0.3 is 4.74 Å². The molecule has 0 atom stereocenters. The fourth-order valence-electron chi connectivity index (χ4n) is 0.727. The molecule has 7 heteroatoms. The summed E-state index contributed by atoms with van der Waals surface area (Å²) in [5.41, 5.74) is 0. The van der Waals surface area contributed by atoms with Gasteiger partial charge in [-0.15, -0.1) is 0 Å². The Morgan fingerprint density at radius 2 is 1.75 bits per heavy atom. The van der Waals surface area contributed by atoms with Crippen LogP contribution in [0.3, 0.4) is 0 Å². The van der Waals surface area contributed by atoms with E-state index in [4.69, 9.17) is 0 Å². The van der Waals surface area contributed by atoms with Crippen LogP contribution in [0.25, 0.3) is 0 Å². The first-order valence-electron chi connectivity index (χ1n) is 4.39. The van der Waals surface area contributed by atoms with E-state index in [1.165, 1.54) is 21.0 Å². The van der Waals surface area contributed by atoms with E-state index in [9.17, 15) is 14.4 Å². The molecule has 0 aliphatic rings. The summed E-state index contributed by atoms with van der Waals surface area (Å²) in [6.07, 6.45) is -1.40. The molecule has 0 aliphatic heterocycles. The maximum atomic E-state index is 11.6. The summed E-state index contributed by atoms with van der Waals surface area (Å²) in [6.45, 7) is 1.44. The Bertz CT molecular complexity index is 337. The monoisotopic (exact) mass is 248 g/mol. The highest BCUT2D eigenvalue weighted by molar-refractivity contribution is 7.82. The Morgan fingerprint density at radius 1 is 1.25 bits per heavy atom. The minimum absolute atomic E-state index is 0.117. The smallest absolute Gasteiger partial charge is 0.434 e. The van der Waals surface area contributed by atoms with Gasteiger partial charge in [0.15, 0.2) is 5.78 Å². The van der Waals surface area contributed by atoms with Gasteiger partial charge in [-0.05, 0) is 6.92 Å². The first kappa shape index (κ1) is 14.7. The molecule has 6 nitrogen and oxygen atoms in total. The SMILES string of the molecule is COC(=O)O[N+](C)(C)C(=O)CC(=O)C(C)=S. The summed E-state index contributed by atoms with van der Waals surface area (Å²) in [5.74, 6) is -1.04. The molecule has 0 bridgehead atoms. The van der Waals surface area contributed by atoms with Crippen molar-refractivity contribution in [3.05, 3.63) is 0 Å². The summed E-state index contributed by atoms with van der Waals surface area (Å²) in [5, 5.41) is 0. The number of carbonyl (C=O) groups excluding carboxylic acids is 3. The van der Waals surface area contributed by atoms with Gasteiger partial charge in [0.1, 0.15) is 20.5 Å². The second-order valence-electron chi connectivity index (χ2n) is 3.45. The average Bonchev–Trinajstić information content (AvgIpc) is 2.16. The van der Waals surface area contributed by atoms with E-state index in [1.54, 1.807) is 0 Å². The third-order valence-electron chi connectivity index (χ3n) is 1.77. The van der Waals surface area contributed by atoms with Crippen molar-refractivity contribution in [3.8, 4) is 0 Å². The molecule has 0 unspecified atom stereocenters. The first-order valence-corrected chi connectivity index (χ1v) is 4.80. The van der Waals surface area contributed by atoms with Crippen LogP contribution in [0.5, 0.6) is 0 Å². The Hall–Kier alpha value is -1.34. The van der Waals surface area contributed by atoms with Crippen molar-refractivity contribution in [1.29, 1.82) is 0 Å². The number of thiocarbonyl (C=S) groups is 1. The average molecular weight is 248 g/mol. The van der Waals surface area contributed by atoms with Crippen molar-refractivity contribution in [2.45, 2.75) is 13.3 Å². The molecule has 0 N–H and O–H groups in total. The van der Waals surface area contributed by atoms with E-state index < -0.39 is 28.9 Å². The van der Waals surface area contributed by atoms with Gasteiger partial charge in [0.2, 0.25) is 0 Å². The third kappa shape index (κ3) is 4.45. The summed E-state index contributed by atoms with van der Waals surface area (Å²) in [4.78, 5) is 38.4. The molecule has 0 saturated carbocycles. The zero-order valence-electron chi connectivity index (χ0n) is 9.60. The van der Waals surface area contributed by atoms with Gasteiger partial charge in [-0.25, -0.2) is 9.63 Å². The van der Waals surface area contributed by atoms with Gasteiger partial charge in [-0.2, -0.15) is 4.79 Å². The zero-order valence-corrected chi connectivity index (χ0v) is 10.4.